The van der Waals surface area contributed by atoms with Gasteiger partial charge in [0, 0.05) is 18.3 Å². The summed E-state index contributed by atoms with van der Waals surface area (Å²) in [7, 11) is 0. The summed E-state index contributed by atoms with van der Waals surface area (Å²) < 4.78 is 19.0. The lowest BCUT2D eigenvalue weighted by Gasteiger charge is -2.40. The summed E-state index contributed by atoms with van der Waals surface area (Å²) in [5.74, 6) is 0.164. The molecule has 1 aromatic heterocycles. The van der Waals surface area contributed by atoms with E-state index in [1.54, 1.807) is 12.3 Å². The van der Waals surface area contributed by atoms with E-state index in [1.807, 2.05) is 25.1 Å². The van der Waals surface area contributed by atoms with Crippen LogP contribution in [0.1, 0.15) is 37.3 Å². The molecule has 0 radical (unpaired) electrons. The van der Waals surface area contributed by atoms with Gasteiger partial charge in [0.2, 0.25) is 11.8 Å². The Labute approximate surface area is 141 Å². The monoisotopic (exact) mass is 328 g/mol. The molecule has 5 heteroatoms. The third-order valence-corrected chi connectivity index (χ3v) is 4.59. The number of carbonyl (C=O) groups excluding carboxylic acids is 1. The van der Waals surface area contributed by atoms with E-state index in [4.69, 9.17) is 4.74 Å². The predicted molar refractivity (Wildman–Crippen MR) is 89.2 cm³/mol. The number of amides is 1. The van der Waals surface area contributed by atoms with Crippen molar-refractivity contribution in [1.82, 2.24) is 10.3 Å². The van der Waals surface area contributed by atoms with Gasteiger partial charge in [0.1, 0.15) is 5.82 Å². The molecule has 126 valence electrons. The van der Waals surface area contributed by atoms with Crippen molar-refractivity contribution < 1.29 is 13.9 Å². The van der Waals surface area contributed by atoms with Gasteiger partial charge in [-0.3, -0.25) is 4.79 Å². The average molecular weight is 328 g/mol. The molecule has 0 spiro atoms. The van der Waals surface area contributed by atoms with Crippen LogP contribution in [0.3, 0.4) is 0 Å². The standard InChI is InChI=1S/C19H21FN2O2/c1-2-24-17-14(6-4-11-21-17)13-22-18(23)19(9-5-10-19)15-7-3-8-16(20)12-15/h3-4,6-8,11-12H,2,5,9-10,13H2,1H3,(H,22,23). The Morgan fingerprint density at radius 1 is 1.33 bits per heavy atom. The number of aromatic nitrogens is 1. The van der Waals surface area contributed by atoms with E-state index in [0.717, 1.165) is 30.4 Å². The molecule has 1 aliphatic carbocycles. The van der Waals surface area contributed by atoms with Gasteiger partial charge in [-0.2, -0.15) is 0 Å². The van der Waals surface area contributed by atoms with Gasteiger partial charge >= 0.3 is 0 Å². The molecule has 24 heavy (non-hydrogen) atoms. The fourth-order valence-electron chi connectivity index (χ4n) is 3.13. The molecule has 0 aliphatic heterocycles. The fourth-order valence-corrected chi connectivity index (χ4v) is 3.13. The summed E-state index contributed by atoms with van der Waals surface area (Å²) in [6.45, 7) is 2.76. The van der Waals surface area contributed by atoms with E-state index in [0.29, 0.717) is 19.0 Å². The highest BCUT2D eigenvalue weighted by atomic mass is 19.1. The first-order valence-corrected chi connectivity index (χ1v) is 8.27. The molecule has 0 saturated heterocycles. The minimum atomic E-state index is -0.615. The van der Waals surface area contributed by atoms with Gasteiger partial charge in [-0.25, -0.2) is 9.37 Å². The third-order valence-electron chi connectivity index (χ3n) is 4.59. The number of rotatable bonds is 6. The zero-order valence-electron chi connectivity index (χ0n) is 13.7. The molecule has 3 rings (SSSR count). The summed E-state index contributed by atoms with van der Waals surface area (Å²) in [4.78, 5) is 17.0. The fraction of sp³-hybridized carbons (Fsp3) is 0.368. The summed E-state index contributed by atoms with van der Waals surface area (Å²) in [6, 6.07) is 10.1. The van der Waals surface area contributed by atoms with E-state index in [1.165, 1.54) is 12.1 Å². The van der Waals surface area contributed by atoms with Gasteiger partial charge in [0.05, 0.1) is 12.0 Å². The quantitative estimate of drug-likeness (QED) is 0.884. The van der Waals surface area contributed by atoms with Gasteiger partial charge < -0.3 is 10.1 Å². The van der Waals surface area contributed by atoms with Crippen LogP contribution in [0.15, 0.2) is 42.6 Å². The Bertz CT molecular complexity index is 729. The molecule has 1 heterocycles. The molecule has 1 amide bonds. The maximum absolute atomic E-state index is 13.6. The number of carbonyl (C=O) groups is 1. The Kier molecular flexibility index (Phi) is 4.79. The number of hydrogen-bond donors (Lipinski definition) is 1. The van der Waals surface area contributed by atoms with E-state index < -0.39 is 5.41 Å². The maximum atomic E-state index is 13.6. The van der Waals surface area contributed by atoms with Crippen molar-refractivity contribution in [2.45, 2.75) is 38.1 Å². The zero-order valence-corrected chi connectivity index (χ0v) is 13.7. The molecule has 1 saturated carbocycles. The van der Waals surface area contributed by atoms with Crippen LogP contribution < -0.4 is 10.1 Å². The third kappa shape index (κ3) is 3.11. The summed E-state index contributed by atoms with van der Waals surface area (Å²) in [6.07, 6.45) is 4.12. The zero-order chi connectivity index (χ0) is 17.0. The molecule has 0 unspecified atom stereocenters. The van der Waals surface area contributed by atoms with Crippen molar-refractivity contribution in [2.75, 3.05) is 6.61 Å². The van der Waals surface area contributed by atoms with Crippen LogP contribution in [-0.4, -0.2) is 17.5 Å². The molecule has 0 atom stereocenters. The number of ether oxygens (including phenoxy) is 1. The lowest BCUT2D eigenvalue weighted by molar-refractivity contribution is -0.130. The average Bonchev–Trinajstić information content (AvgIpc) is 2.53. The van der Waals surface area contributed by atoms with Gasteiger partial charge in [0.15, 0.2) is 0 Å². The van der Waals surface area contributed by atoms with E-state index in [9.17, 15) is 9.18 Å². The highest BCUT2D eigenvalue weighted by Crippen LogP contribution is 2.44. The van der Waals surface area contributed by atoms with Crippen molar-refractivity contribution >= 4 is 5.91 Å². The minimum absolute atomic E-state index is 0.0642. The van der Waals surface area contributed by atoms with Gasteiger partial charge in [-0.05, 0) is 43.5 Å². The number of halogens is 1. The molecular weight excluding hydrogens is 307 g/mol. The molecule has 1 fully saturated rings. The van der Waals surface area contributed by atoms with Gasteiger partial charge in [0.25, 0.3) is 0 Å². The lowest BCUT2D eigenvalue weighted by Crippen LogP contribution is -2.49. The van der Waals surface area contributed by atoms with Crippen molar-refractivity contribution in [1.29, 1.82) is 0 Å². The Hall–Kier alpha value is -2.43. The van der Waals surface area contributed by atoms with E-state index in [2.05, 4.69) is 10.3 Å². The largest absolute Gasteiger partial charge is 0.478 e. The first-order valence-electron chi connectivity index (χ1n) is 8.27. The van der Waals surface area contributed by atoms with Gasteiger partial charge in [-0.1, -0.05) is 24.6 Å². The van der Waals surface area contributed by atoms with Crippen LogP contribution in [0, 0.1) is 5.82 Å². The number of nitrogens with zero attached hydrogens (tertiary/aromatic N) is 1. The van der Waals surface area contributed by atoms with Crippen LogP contribution in [0.5, 0.6) is 5.88 Å². The number of benzene rings is 1. The Morgan fingerprint density at radius 2 is 2.17 bits per heavy atom. The van der Waals surface area contributed by atoms with Crippen LogP contribution in [0.4, 0.5) is 4.39 Å². The second-order valence-corrected chi connectivity index (χ2v) is 6.03. The molecule has 2 aromatic rings. The highest BCUT2D eigenvalue weighted by molar-refractivity contribution is 5.89. The van der Waals surface area contributed by atoms with E-state index >= 15 is 0 Å². The number of pyridine rings is 1. The second kappa shape index (κ2) is 6.99. The van der Waals surface area contributed by atoms with Gasteiger partial charge in [-0.15, -0.1) is 0 Å². The Morgan fingerprint density at radius 3 is 2.83 bits per heavy atom. The topological polar surface area (TPSA) is 51.2 Å². The summed E-state index contributed by atoms with van der Waals surface area (Å²) in [5, 5.41) is 2.98. The highest BCUT2D eigenvalue weighted by Gasteiger charge is 2.45. The summed E-state index contributed by atoms with van der Waals surface area (Å²) in [5.41, 5.74) is 0.972. The minimum Gasteiger partial charge on any atom is -0.478 e. The molecular formula is C19H21FN2O2. The molecule has 1 aromatic carbocycles. The van der Waals surface area contributed by atoms with Crippen LogP contribution in [0.25, 0.3) is 0 Å². The first-order chi connectivity index (χ1) is 11.7. The van der Waals surface area contributed by atoms with Crippen molar-refractivity contribution in [3.05, 3.63) is 59.5 Å². The van der Waals surface area contributed by atoms with Crippen molar-refractivity contribution in [3.8, 4) is 5.88 Å². The molecule has 4 nitrogen and oxygen atoms in total. The predicted octanol–water partition coefficient (Wildman–Crippen LogP) is 3.36. The maximum Gasteiger partial charge on any atom is 0.230 e. The van der Waals surface area contributed by atoms with Crippen LogP contribution in [-0.2, 0) is 16.8 Å². The molecule has 0 bridgehead atoms. The lowest BCUT2D eigenvalue weighted by atomic mass is 9.64. The smallest absolute Gasteiger partial charge is 0.230 e. The summed E-state index contributed by atoms with van der Waals surface area (Å²) >= 11 is 0. The second-order valence-electron chi connectivity index (χ2n) is 6.03. The molecule has 1 aliphatic rings. The first kappa shape index (κ1) is 16.4. The van der Waals surface area contributed by atoms with E-state index in [-0.39, 0.29) is 11.7 Å². The van der Waals surface area contributed by atoms with Crippen molar-refractivity contribution in [3.63, 3.8) is 0 Å². The molecule has 1 N–H and O–H groups in total. The van der Waals surface area contributed by atoms with Crippen molar-refractivity contribution in [2.24, 2.45) is 0 Å². The number of nitrogens with one attached hydrogen (secondary N) is 1. The normalized spacial score (nSPS) is 15.4. The van der Waals surface area contributed by atoms with Crippen LogP contribution in [0.2, 0.25) is 0 Å². The van der Waals surface area contributed by atoms with Crippen LogP contribution >= 0.6 is 0 Å². The SMILES string of the molecule is CCOc1ncccc1CNC(=O)C1(c2cccc(F)c2)CCC1. The number of hydrogen-bond acceptors (Lipinski definition) is 3. The Balaban J connectivity index is 1.74.